The Labute approximate surface area is 133 Å². The number of anilines is 1. The van der Waals surface area contributed by atoms with Gasteiger partial charge in [-0.25, -0.2) is 9.50 Å². The summed E-state index contributed by atoms with van der Waals surface area (Å²) in [5.41, 5.74) is 1.96. The van der Waals surface area contributed by atoms with Crippen molar-refractivity contribution in [1.82, 2.24) is 19.6 Å². The Morgan fingerprint density at radius 1 is 1.23 bits per heavy atom. The van der Waals surface area contributed by atoms with E-state index in [0.29, 0.717) is 0 Å². The fourth-order valence-corrected chi connectivity index (χ4v) is 4.19. The van der Waals surface area contributed by atoms with E-state index in [1.165, 1.54) is 6.42 Å². The average molecular weight is 313 g/mol. The van der Waals surface area contributed by atoms with Crippen LogP contribution in [0, 0.1) is 11.8 Å². The number of nitrogens with zero attached hydrogens (tertiary/aromatic N) is 5. The van der Waals surface area contributed by atoms with Crippen molar-refractivity contribution in [3.05, 3.63) is 30.7 Å². The lowest BCUT2D eigenvalue weighted by Gasteiger charge is -2.34. The van der Waals surface area contributed by atoms with Crippen molar-refractivity contribution in [2.45, 2.75) is 20.3 Å². The van der Waals surface area contributed by atoms with E-state index in [1.54, 1.807) is 17.5 Å². The van der Waals surface area contributed by atoms with E-state index in [4.69, 9.17) is 5.10 Å². The number of imidazole rings is 1. The molecule has 0 bridgehead atoms. The predicted molar refractivity (Wildman–Crippen MR) is 89.3 cm³/mol. The average Bonchev–Trinajstić information content (AvgIpc) is 3.05. The van der Waals surface area contributed by atoms with Gasteiger partial charge in [0.05, 0.1) is 11.9 Å². The van der Waals surface area contributed by atoms with E-state index < -0.39 is 0 Å². The molecule has 3 aromatic heterocycles. The van der Waals surface area contributed by atoms with Gasteiger partial charge in [-0.1, -0.05) is 25.2 Å². The van der Waals surface area contributed by atoms with Crippen molar-refractivity contribution in [3.63, 3.8) is 0 Å². The zero-order chi connectivity index (χ0) is 15.1. The van der Waals surface area contributed by atoms with Gasteiger partial charge in [0.15, 0.2) is 0 Å². The van der Waals surface area contributed by atoms with Crippen LogP contribution < -0.4 is 4.90 Å². The quantitative estimate of drug-likeness (QED) is 0.728. The summed E-state index contributed by atoms with van der Waals surface area (Å²) in [5, 5.41) is 5.81. The Hall–Kier alpha value is -1.95. The van der Waals surface area contributed by atoms with Crippen LogP contribution in [0.5, 0.6) is 0 Å². The summed E-state index contributed by atoms with van der Waals surface area (Å²) in [4.78, 5) is 12.2. The SMILES string of the molecule is CC1CC(C)CN(c2nn3cc(-c4cccnc4)nc3s2)C1. The fraction of sp³-hybridized carbons (Fsp3) is 0.438. The molecule has 0 aliphatic carbocycles. The molecule has 0 amide bonds. The summed E-state index contributed by atoms with van der Waals surface area (Å²) >= 11 is 1.67. The zero-order valence-electron chi connectivity index (χ0n) is 12.8. The Balaban J connectivity index is 1.64. The Morgan fingerprint density at radius 2 is 2.05 bits per heavy atom. The second-order valence-corrected chi connectivity index (χ2v) is 7.27. The maximum atomic E-state index is 4.73. The highest BCUT2D eigenvalue weighted by molar-refractivity contribution is 7.20. The maximum absolute atomic E-state index is 4.73. The monoisotopic (exact) mass is 313 g/mol. The maximum Gasteiger partial charge on any atom is 0.214 e. The summed E-state index contributed by atoms with van der Waals surface area (Å²) in [6.07, 6.45) is 6.91. The van der Waals surface area contributed by atoms with Crippen LogP contribution in [-0.4, -0.2) is 32.7 Å². The Morgan fingerprint density at radius 3 is 2.73 bits per heavy atom. The van der Waals surface area contributed by atoms with Crippen LogP contribution in [0.4, 0.5) is 5.13 Å². The van der Waals surface area contributed by atoms with Gasteiger partial charge in [0, 0.05) is 31.0 Å². The number of hydrogen-bond donors (Lipinski definition) is 0. The van der Waals surface area contributed by atoms with Crippen molar-refractivity contribution in [3.8, 4) is 11.3 Å². The zero-order valence-corrected chi connectivity index (χ0v) is 13.6. The van der Waals surface area contributed by atoms with Crippen LogP contribution in [0.3, 0.4) is 0 Å². The molecule has 2 atom stereocenters. The first kappa shape index (κ1) is 13.7. The fourth-order valence-electron chi connectivity index (χ4n) is 3.29. The van der Waals surface area contributed by atoms with Gasteiger partial charge in [-0.2, -0.15) is 0 Å². The Bertz CT molecular complexity index is 737. The third kappa shape index (κ3) is 2.47. The van der Waals surface area contributed by atoms with Crippen LogP contribution in [0.2, 0.25) is 0 Å². The number of hydrogen-bond acceptors (Lipinski definition) is 5. The molecular formula is C16H19N5S. The normalized spacial score (nSPS) is 22.4. The van der Waals surface area contributed by atoms with Gasteiger partial charge in [-0.05, 0) is 30.4 Å². The van der Waals surface area contributed by atoms with Crippen molar-refractivity contribution in [2.24, 2.45) is 11.8 Å². The molecule has 5 nitrogen and oxygen atoms in total. The van der Waals surface area contributed by atoms with E-state index in [0.717, 1.165) is 46.3 Å². The molecule has 3 aromatic rings. The summed E-state index contributed by atoms with van der Waals surface area (Å²) in [7, 11) is 0. The molecular weight excluding hydrogens is 294 g/mol. The van der Waals surface area contributed by atoms with Crippen LogP contribution in [0.25, 0.3) is 16.2 Å². The second kappa shape index (κ2) is 5.35. The largest absolute Gasteiger partial charge is 0.346 e. The van der Waals surface area contributed by atoms with Gasteiger partial charge in [0.1, 0.15) is 0 Å². The van der Waals surface area contributed by atoms with Gasteiger partial charge < -0.3 is 4.90 Å². The molecule has 22 heavy (non-hydrogen) atoms. The van der Waals surface area contributed by atoms with E-state index >= 15 is 0 Å². The molecule has 0 radical (unpaired) electrons. The van der Waals surface area contributed by atoms with Gasteiger partial charge in [0.2, 0.25) is 10.1 Å². The van der Waals surface area contributed by atoms with Gasteiger partial charge in [0.25, 0.3) is 0 Å². The number of pyridine rings is 1. The molecule has 4 rings (SSSR count). The minimum Gasteiger partial charge on any atom is -0.346 e. The van der Waals surface area contributed by atoms with Crippen molar-refractivity contribution < 1.29 is 0 Å². The summed E-state index contributed by atoms with van der Waals surface area (Å²) in [6, 6.07) is 3.95. The first-order chi connectivity index (χ1) is 10.7. The number of piperidine rings is 1. The molecule has 0 spiro atoms. The van der Waals surface area contributed by atoms with Crippen molar-refractivity contribution >= 4 is 21.4 Å². The molecule has 1 aliphatic rings. The van der Waals surface area contributed by atoms with E-state index in [1.807, 2.05) is 29.0 Å². The summed E-state index contributed by atoms with van der Waals surface area (Å²) in [5.74, 6) is 1.46. The number of rotatable bonds is 2. The highest BCUT2D eigenvalue weighted by Crippen LogP contribution is 2.30. The standard InChI is InChI=1S/C16H19N5S/c1-11-6-12(2)9-20(8-11)16-19-21-10-14(18-15(21)22-16)13-4-3-5-17-7-13/h3-5,7,10-12H,6,8-9H2,1-2H3. The topological polar surface area (TPSA) is 46.3 Å². The molecule has 0 saturated carbocycles. The van der Waals surface area contributed by atoms with Crippen LogP contribution >= 0.6 is 11.3 Å². The third-order valence-electron chi connectivity index (χ3n) is 4.13. The lowest BCUT2D eigenvalue weighted by atomic mass is 9.92. The van der Waals surface area contributed by atoms with E-state index in [-0.39, 0.29) is 0 Å². The van der Waals surface area contributed by atoms with Crippen LogP contribution in [0.1, 0.15) is 20.3 Å². The molecule has 4 heterocycles. The third-order valence-corrected chi connectivity index (χ3v) is 5.11. The predicted octanol–water partition coefficient (Wildman–Crippen LogP) is 3.34. The first-order valence-electron chi connectivity index (χ1n) is 7.70. The van der Waals surface area contributed by atoms with Crippen molar-refractivity contribution in [2.75, 3.05) is 18.0 Å². The van der Waals surface area contributed by atoms with E-state index in [9.17, 15) is 0 Å². The minimum atomic E-state index is 0.728. The highest BCUT2D eigenvalue weighted by Gasteiger charge is 2.24. The minimum absolute atomic E-state index is 0.728. The van der Waals surface area contributed by atoms with Gasteiger partial charge in [-0.3, -0.25) is 4.98 Å². The van der Waals surface area contributed by atoms with Crippen LogP contribution in [-0.2, 0) is 0 Å². The van der Waals surface area contributed by atoms with Crippen LogP contribution in [0.15, 0.2) is 30.7 Å². The van der Waals surface area contributed by atoms with Crippen molar-refractivity contribution in [1.29, 1.82) is 0 Å². The molecule has 0 aromatic carbocycles. The lowest BCUT2D eigenvalue weighted by Crippen LogP contribution is -2.38. The molecule has 114 valence electrons. The van der Waals surface area contributed by atoms with Gasteiger partial charge in [-0.15, -0.1) is 5.10 Å². The summed E-state index contributed by atoms with van der Waals surface area (Å²) in [6.45, 7) is 6.83. The molecule has 0 N–H and O–H groups in total. The molecule has 1 aliphatic heterocycles. The highest BCUT2D eigenvalue weighted by atomic mass is 32.1. The lowest BCUT2D eigenvalue weighted by molar-refractivity contribution is 0.356. The number of fused-ring (bicyclic) bond motifs is 1. The summed E-state index contributed by atoms with van der Waals surface area (Å²) < 4.78 is 1.90. The van der Waals surface area contributed by atoms with Gasteiger partial charge >= 0.3 is 0 Å². The second-order valence-electron chi connectivity index (χ2n) is 6.33. The molecule has 6 heteroatoms. The Kier molecular flexibility index (Phi) is 3.33. The molecule has 1 fully saturated rings. The molecule has 2 unspecified atom stereocenters. The first-order valence-corrected chi connectivity index (χ1v) is 8.52. The number of aromatic nitrogens is 4. The smallest absolute Gasteiger partial charge is 0.214 e. The van der Waals surface area contributed by atoms with E-state index in [2.05, 4.69) is 28.7 Å². The molecule has 1 saturated heterocycles.